The Balaban J connectivity index is 2.14. The predicted octanol–water partition coefficient (Wildman–Crippen LogP) is 4.07. The first kappa shape index (κ1) is 15.8. The van der Waals surface area contributed by atoms with Crippen LogP contribution in [0.3, 0.4) is 0 Å². The third-order valence-corrected chi connectivity index (χ3v) is 4.99. The maximum absolute atomic E-state index is 6.01. The first-order chi connectivity index (χ1) is 9.59. The highest BCUT2D eigenvalue weighted by Gasteiger charge is 2.41. The molecule has 0 aromatic heterocycles. The van der Waals surface area contributed by atoms with Gasteiger partial charge in [-0.05, 0) is 49.9 Å². The molecule has 0 aliphatic heterocycles. The summed E-state index contributed by atoms with van der Waals surface area (Å²) >= 11 is 5.96. The van der Waals surface area contributed by atoms with Crippen LogP contribution in [0.2, 0.25) is 5.02 Å². The molecule has 1 aromatic rings. The summed E-state index contributed by atoms with van der Waals surface area (Å²) in [4.78, 5) is 0. The fourth-order valence-electron chi connectivity index (χ4n) is 3.60. The van der Waals surface area contributed by atoms with Gasteiger partial charge in [-0.15, -0.1) is 0 Å². The number of halogens is 1. The van der Waals surface area contributed by atoms with Gasteiger partial charge in [0.2, 0.25) is 0 Å². The van der Waals surface area contributed by atoms with Crippen molar-refractivity contribution in [2.24, 2.45) is 5.92 Å². The maximum Gasteiger partial charge on any atom is 0.0836 e. The normalized spacial score (nSPS) is 28.3. The number of hydrogen-bond acceptors (Lipinski definition) is 2. The zero-order valence-corrected chi connectivity index (χ0v) is 13.5. The third kappa shape index (κ3) is 3.55. The summed E-state index contributed by atoms with van der Waals surface area (Å²) in [7, 11) is 3.91. The Hall–Kier alpha value is -0.570. The van der Waals surface area contributed by atoms with E-state index in [1.807, 2.05) is 26.3 Å². The van der Waals surface area contributed by atoms with Gasteiger partial charge in [0.15, 0.2) is 0 Å². The van der Waals surface area contributed by atoms with Gasteiger partial charge >= 0.3 is 0 Å². The Morgan fingerprint density at radius 1 is 1.40 bits per heavy atom. The molecular weight excluding hydrogens is 270 g/mol. The molecule has 3 unspecified atom stereocenters. The number of benzene rings is 1. The molecule has 3 atom stereocenters. The molecule has 1 aromatic carbocycles. The van der Waals surface area contributed by atoms with Crippen molar-refractivity contribution < 1.29 is 4.74 Å². The zero-order chi connectivity index (χ0) is 14.6. The van der Waals surface area contributed by atoms with Crippen molar-refractivity contribution in [2.45, 2.75) is 50.7 Å². The van der Waals surface area contributed by atoms with E-state index in [9.17, 15) is 0 Å². The van der Waals surface area contributed by atoms with Gasteiger partial charge in [-0.2, -0.15) is 0 Å². The van der Waals surface area contributed by atoms with Crippen LogP contribution in [-0.2, 0) is 11.2 Å². The molecule has 0 bridgehead atoms. The molecule has 20 heavy (non-hydrogen) atoms. The molecule has 3 heteroatoms. The van der Waals surface area contributed by atoms with Crippen molar-refractivity contribution in [1.82, 2.24) is 5.32 Å². The minimum absolute atomic E-state index is 0.0357. The minimum atomic E-state index is -0.0357. The molecule has 0 radical (unpaired) electrons. The van der Waals surface area contributed by atoms with E-state index in [4.69, 9.17) is 16.3 Å². The molecule has 0 saturated heterocycles. The lowest BCUT2D eigenvalue weighted by atomic mass is 9.73. The van der Waals surface area contributed by atoms with E-state index in [2.05, 4.69) is 24.4 Å². The van der Waals surface area contributed by atoms with E-state index in [-0.39, 0.29) is 5.60 Å². The van der Waals surface area contributed by atoms with Crippen LogP contribution in [0, 0.1) is 5.92 Å². The van der Waals surface area contributed by atoms with Gasteiger partial charge in [-0.3, -0.25) is 0 Å². The Labute approximate surface area is 127 Å². The van der Waals surface area contributed by atoms with Gasteiger partial charge in [0, 0.05) is 18.2 Å². The summed E-state index contributed by atoms with van der Waals surface area (Å²) in [5, 5.41) is 4.28. The van der Waals surface area contributed by atoms with Crippen molar-refractivity contribution in [3.63, 3.8) is 0 Å². The lowest BCUT2D eigenvalue weighted by Crippen LogP contribution is -2.54. The fraction of sp³-hybridized carbons (Fsp3) is 0.647. The highest BCUT2D eigenvalue weighted by Crippen LogP contribution is 2.38. The second kappa shape index (κ2) is 6.93. The number of hydrogen-bond donors (Lipinski definition) is 1. The highest BCUT2D eigenvalue weighted by molar-refractivity contribution is 6.30. The van der Waals surface area contributed by atoms with E-state index in [1.54, 1.807) is 0 Å². The summed E-state index contributed by atoms with van der Waals surface area (Å²) in [5.74, 6) is 0.741. The largest absolute Gasteiger partial charge is 0.377 e. The Bertz CT molecular complexity index is 420. The number of likely N-dealkylation sites (N-methyl/N-ethyl adjacent to an activating group) is 1. The lowest BCUT2D eigenvalue weighted by molar-refractivity contribution is -0.0775. The molecule has 1 aliphatic carbocycles. The van der Waals surface area contributed by atoms with Gasteiger partial charge in [-0.25, -0.2) is 0 Å². The molecule has 2 nitrogen and oxygen atoms in total. The van der Waals surface area contributed by atoms with Crippen LogP contribution in [0.25, 0.3) is 0 Å². The molecule has 1 saturated carbocycles. The quantitative estimate of drug-likeness (QED) is 0.884. The molecule has 112 valence electrons. The molecule has 1 N–H and O–H groups in total. The molecule has 0 heterocycles. The standard InChI is InChI=1S/C17H26ClNO/c1-13-5-4-10-17(12-13,20-3)16(19-2)11-14-6-8-15(18)9-7-14/h6-9,13,16,19H,4-5,10-12H2,1-3H3. The fourth-order valence-corrected chi connectivity index (χ4v) is 3.72. The van der Waals surface area contributed by atoms with E-state index in [0.29, 0.717) is 6.04 Å². The first-order valence-corrected chi connectivity index (χ1v) is 7.94. The second-order valence-electron chi connectivity index (χ2n) is 6.14. The van der Waals surface area contributed by atoms with E-state index in [0.717, 1.165) is 30.2 Å². The molecule has 0 spiro atoms. The van der Waals surface area contributed by atoms with E-state index >= 15 is 0 Å². The summed E-state index contributed by atoms with van der Waals surface area (Å²) < 4.78 is 6.01. The second-order valence-corrected chi connectivity index (χ2v) is 6.58. The average molecular weight is 296 g/mol. The van der Waals surface area contributed by atoms with Crippen LogP contribution in [0.15, 0.2) is 24.3 Å². The summed E-state index contributed by atoms with van der Waals surface area (Å²) in [6.07, 6.45) is 5.85. The Morgan fingerprint density at radius 3 is 2.65 bits per heavy atom. The molecule has 1 fully saturated rings. The van der Waals surface area contributed by atoms with Crippen molar-refractivity contribution in [3.8, 4) is 0 Å². The summed E-state index contributed by atoms with van der Waals surface area (Å²) in [6.45, 7) is 2.34. The third-order valence-electron chi connectivity index (χ3n) is 4.73. The van der Waals surface area contributed by atoms with Crippen LogP contribution >= 0.6 is 11.6 Å². The van der Waals surface area contributed by atoms with Gasteiger partial charge in [0.05, 0.1) is 5.60 Å². The zero-order valence-electron chi connectivity index (χ0n) is 12.8. The molecule has 1 aliphatic rings. The topological polar surface area (TPSA) is 21.3 Å². The van der Waals surface area contributed by atoms with E-state index < -0.39 is 0 Å². The van der Waals surface area contributed by atoms with Crippen LogP contribution in [0.1, 0.15) is 38.2 Å². The minimum Gasteiger partial charge on any atom is -0.377 e. The van der Waals surface area contributed by atoms with Crippen molar-refractivity contribution in [3.05, 3.63) is 34.9 Å². The van der Waals surface area contributed by atoms with Crippen molar-refractivity contribution in [1.29, 1.82) is 0 Å². The van der Waals surface area contributed by atoms with Gasteiger partial charge in [0.1, 0.15) is 0 Å². The summed E-state index contributed by atoms with van der Waals surface area (Å²) in [6, 6.07) is 8.50. The van der Waals surface area contributed by atoms with Crippen LogP contribution < -0.4 is 5.32 Å². The van der Waals surface area contributed by atoms with Gasteiger partial charge in [-0.1, -0.05) is 43.5 Å². The van der Waals surface area contributed by atoms with Crippen LogP contribution in [-0.4, -0.2) is 25.8 Å². The van der Waals surface area contributed by atoms with Crippen molar-refractivity contribution in [2.75, 3.05) is 14.2 Å². The average Bonchev–Trinajstić information content (AvgIpc) is 2.46. The smallest absolute Gasteiger partial charge is 0.0836 e. The van der Waals surface area contributed by atoms with Crippen LogP contribution in [0.5, 0.6) is 0 Å². The number of nitrogens with one attached hydrogen (secondary N) is 1. The van der Waals surface area contributed by atoms with Gasteiger partial charge in [0.25, 0.3) is 0 Å². The molecular formula is C17H26ClNO. The van der Waals surface area contributed by atoms with Crippen molar-refractivity contribution >= 4 is 11.6 Å². The predicted molar refractivity (Wildman–Crippen MR) is 85.4 cm³/mol. The molecule has 0 amide bonds. The monoisotopic (exact) mass is 295 g/mol. The first-order valence-electron chi connectivity index (χ1n) is 7.56. The SMILES string of the molecule is CNC(Cc1ccc(Cl)cc1)C1(OC)CCCC(C)C1. The maximum atomic E-state index is 6.01. The highest BCUT2D eigenvalue weighted by atomic mass is 35.5. The van der Waals surface area contributed by atoms with E-state index in [1.165, 1.54) is 18.4 Å². The van der Waals surface area contributed by atoms with Gasteiger partial charge < -0.3 is 10.1 Å². The molecule has 2 rings (SSSR count). The Morgan fingerprint density at radius 2 is 2.10 bits per heavy atom. The summed E-state index contributed by atoms with van der Waals surface area (Å²) in [5.41, 5.74) is 1.27. The number of ether oxygens (including phenoxy) is 1. The lowest BCUT2D eigenvalue weighted by Gasteiger charge is -2.44. The Kier molecular flexibility index (Phi) is 5.48. The number of rotatable bonds is 5. The number of methoxy groups -OCH3 is 1. The van der Waals surface area contributed by atoms with Crippen LogP contribution in [0.4, 0.5) is 0 Å².